The lowest BCUT2D eigenvalue weighted by molar-refractivity contribution is 0.0712. The molecule has 0 atom stereocenters. The van der Waals surface area contributed by atoms with Crippen molar-refractivity contribution >= 4 is 50.0 Å². The lowest BCUT2D eigenvalue weighted by Crippen LogP contribution is -2.46. The molecule has 0 spiro atoms. The number of rotatable bonds is 16. The van der Waals surface area contributed by atoms with Crippen LogP contribution in [0, 0.1) is 0 Å². The monoisotopic (exact) mass is 390 g/mol. The highest BCUT2D eigenvalue weighted by Gasteiger charge is 2.39. The number of hydrogen-bond acceptors (Lipinski definition) is 7. The maximum absolute atomic E-state index is 5.85. The predicted molar refractivity (Wildman–Crippen MR) is 105 cm³/mol. The van der Waals surface area contributed by atoms with Crippen molar-refractivity contribution in [3.05, 3.63) is 0 Å². The number of unbranched alkanes of at least 4 members (excludes halogenated alkanes) is 1. The lowest BCUT2D eigenvalue weighted by atomic mass is 10.4. The van der Waals surface area contributed by atoms with Gasteiger partial charge in [-0.25, -0.2) is 0 Å². The Balaban J connectivity index is 3.76. The van der Waals surface area contributed by atoms with Gasteiger partial charge < -0.3 is 13.3 Å². The van der Waals surface area contributed by atoms with Gasteiger partial charge in [-0.1, -0.05) is 34.9 Å². The SMILES string of the molecule is CCCCSSSSCCC[Si](OCC)(OCC)OCC. The topological polar surface area (TPSA) is 27.7 Å². The largest absolute Gasteiger partial charge is 0.500 e. The van der Waals surface area contributed by atoms with Crippen LogP contribution in [-0.4, -0.2) is 40.1 Å². The molecule has 8 heteroatoms. The Morgan fingerprint density at radius 2 is 1.19 bits per heavy atom. The molecule has 21 heavy (non-hydrogen) atoms. The van der Waals surface area contributed by atoms with Gasteiger partial charge in [0.05, 0.1) is 0 Å². The van der Waals surface area contributed by atoms with Gasteiger partial charge in [-0.2, -0.15) is 0 Å². The molecule has 0 aromatic rings. The summed E-state index contributed by atoms with van der Waals surface area (Å²) in [7, 11) is 5.24. The second kappa shape index (κ2) is 16.4. The molecule has 0 aromatic carbocycles. The highest BCUT2D eigenvalue weighted by Crippen LogP contribution is 2.43. The van der Waals surface area contributed by atoms with E-state index in [0.717, 1.165) is 18.2 Å². The molecule has 0 N–H and O–H groups in total. The van der Waals surface area contributed by atoms with E-state index in [-0.39, 0.29) is 0 Å². The summed E-state index contributed by atoms with van der Waals surface area (Å²) < 4.78 is 17.6. The Bertz CT molecular complexity index is 209. The van der Waals surface area contributed by atoms with Gasteiger partial charge in [-0.3, -0.25) is 0 Å². The van der Waals surface area contributed by atoms with E-state index < -0.39 is 8.80 Å². The fourth-order valence-electron chi connectivity index (χ4n) is 1.66. The standard InChI is InChI=1S/C13H30O3S4Si/c1-5-9-11-17-19-20-18-12-10-13-21(14-6-2,15-7-3)16-8-4/h5-13H2,1-4H3. The van der Waals surface area contributed by atoms with E-state index in [1.807, 2.05) is 62.0 Å². The van der Waals surface area contributed by atoms with Crippen LogP contribution >= 0.6 is 41.2 Å². The van der Waals surface area contributed by atoms with E-state index in [1.54, 1.807) is 0 Å². The van der Waals surface area contributed by atoms with Gasteiger partial charge >= 0.3 is 8.80 Å². The Morgan fingerprint density at radius 1 is 0.714 bits per heavy atom. The van der Waals surface area contributed by atoms with Gasteiger partial charge in [0.2, 0.25) is 0 Å². The van der Waals surface area contributed by atoms with Crippen molar-refractivity contribution in [2.24, 2.45) is 0 Å². The predicted octanol–water partition coefficient (Wildman–Crippen LogP) is 5.90. The van der Waals surface area contributed by atoms with Crippen molar-refractivity contribution in [2.75, 3.05) is 31.3 Å². The molecule has 0 aliphatic heterocycles. The molecular formula is C13H30O3S4Si. The zero-order valence-corrected chi connectivity index (χ0v) is 18.0. The molecular weight excluding hydrogens is 360 g/mol. The van der Waals surface area contributed by atoms with Crippen LogP contribution in [0.15, 0.2) is 0 Å². The van der Waals surface area contributed by atoms with Crippen molar-refractivity contribution in [1.29, 1.82) is 0 Å². The average molecular weight is 391 g/mol. The van der Waals surface area contributed by atoms with Crippen LogP contribution in [0.3, 0.4) is 0 Å². The van der Waals surface area contributed by atoms with Gasteiger partial charge in [-0.15, -0.1) is 0 Å². The zero-order valence-electron chi connectivity index (χ0n) is 13.7. The van der Waals surface area contributed by atoms with Gasteiger partial charge in [0.15, 0.2) is 0 Å². The van der Waals surface area contributed by atoms with Gasteiger partial charge in [0.1, 0.15) is 0 Å². The minimum atomic E-state index is -2.42. The van der Waals surface area contributed by atoms with Crippen LogP contribution < -0.4 is 0 Å². The molecule has 0 unspecified atom stereocenters. The van der Waals surface area contributed by atoms with E-state index in [0.29, 0.717) is 19.8 Å². The summed E-state index contributed by atoms with van der Waals surface area (Å²) >= 11 is 0. The first-order valence-electron chi connectivity index (χ1n) is 7.74. The van der Waals surface area contributed by atoms with Gasteiger partial charge in [0, 0.05) is 37.4 Å². The highest BCUT2D eigenvalue weighted by atomic mass is 33.7. The summed E-state index contributed by atoms with van der Waals surface area (Å²) in [5, 5.41) is 0. The molecule has 0 saturated carbocycles. The van der Waals surface area contributed by atoms with Crippen LogP contribution in [0.2, 0.25) is 6.04 Å². The Hall–Kier alpha value is 1.50. The summed E-state index contributed by atoms with van der Waals surface area (Å²) in [6, 6.07) is 0.920. The third-order valence-corrected chi connectivity index (χ3v) is 12.3. The quantitative estimate of drug-likeness (QED) is 0.184. The molecule has 0 amide bonds. The van der Waals surface area contributed by atoms with Crippen LogP contribution in [0.1, 0.15) is 47.0 Å². The maximum atomic E-state index is 5.85. The summed E-state index contributed by atoms with van der Waals surface area (Å²) in [5.41, 5.74) is 0. The van der Waals surface area contributed by atoms with Crippen LogP contribution in [0.4, 0.5) is 0 Å². The van der Waals surface area contributed by atoms with Crippen molar-refractivity contribution in [3.8, 4) is 0 Å². The summed E-state index contributed by atoms with van der Waals surface area (Å²) in [4.78, 5) is 0. The number of hydrogen-bond donors (Lipinski definition) is 0. The first kappa shape index (κ1) is 22.5. The van der Waals surface area contributed by atoms with E-state index >= 15 is 0 Å². The smallest absolute Gasteiger partial charge is 0.374 e. The van der Waals surface area contributed by atoms with Crippen LogP contribution in [0.5, 0.6) is 0 Å². The minimum absolute atomic E-state index is 0.665. The highest BCUT2D eigenvalue weighted by molar-refractivity contribution is 9.26. The maximum Gasteiger partial charge on any atom is 0.500 e. The zero-order chi connectivity index (χ0) is 15.8. The third-order valence-electron chi connectivity index (χ3n) is 2.51. The summed E-state index contributed by atoms with van der Waals surface area (Å²) in [6.45, 7) is 10.3. The molecule has 0 saturated heterocycles. The molecule has 0 bridgehead atoms. The molecule has 0 rings (SSSR count). The van der Waals surface area contributed by atoms with E-state index in [1.165, 1.54) is 18.6 Å². The molecule has 0 aliphatic carbocycles. The first-order valence-corrected chi connectivity index (χ1v) is 14.8. The fraction of sp³-hybridized carbons (Fsp3) is 1.00. The van der Waals surface area contributed by atoms with E-state index in [4.69, 9.17) is 13.3 Å². The minimum Gasteiger partial charge on any atom is -0.374 e. The average Bonchev–Trinajstić information content (AvgIpc) is 2.46. The molecule has 0 aromatic heterocycles. The van der Waals surface area contributed by atoms with Crippen molar-refractivity contribution in [2.45, 2.75) is 53.0 Å². The summed E-state index contributed by atoms with van der Waals surface area (Å²) in [6.07, 6.45) is 3.68. The fourth-order valence-corrected chi connectivity index (χ4v) is 10.8. The molecule has 0 heterocycles. The molecule has 0 fully saturated rings. The second-order valence-corrected chi connectivity index (χ2v) is 13.2. The van der Waals surface area contributed by atoms with Gasteiger partial charge in [0.25, 0.3) is 0 Å². The third kappa shape index (κ3) is 12.6. The summed E-state index contributed by atoms with van der Waals surface area (Å²) in [5.74, 6) is 2.37. The first-order chi connectivity index (χ1) is 10.2. The molecule has 3 nitrogen and oxygen atoms in total. The Labute approximate surface area is 147 Å². The van der Waals surface area contributed by atoms with Gasteiger partial charge in [-0.05, 0) is 53.3 Å². The molecule has 0 radical (unpaired) electrons. The van der Waals surface area contributed by atoms with Crippen LogP contribution in [0.25, 0.3) is 0 Å². The Kier molecular flexibility index (Phi) is 17.5. The van der Waals surface area contributed by atoms with Crippen molar-refractivity contribution in [3.63, 3.8) is 0 Å². The van der Waals surface area contributed by atoms with E-state index in [9.17, 15) is 0 Å². The molecule has 128 valence electrons. The van der Waals surface area contributed by atoms with Crippen LogP contribution in [-0.2, 0) is 13.3 Å². The molecule has 0 aliphatic rings. The lowest BCUT2D eigenvalue weighted by Gasteiger charge is -2.28. The van der Waals surface area contributed by atoms with E-state index in [2.05, 4.69) is 6.92 Å². The Morgan fingerprint density at radius 3 is 1.62 bits per heavy atom. The van der Waals surface area contributed by atoms with Crippen molar-refractivity contribution < 1.29 is 13.3 Å². The normalized spacial score (nSPS) is 12.0. The second-order valence-electron chi connectivity index (χ2n) is 4.22. The van der Waals surface area contributed by atoms with Crippen molar-refractivity contribution in [1.82, 2.24) is 0 Å².